The molecule has 2 amide bonds. The van der Waals surface area contributed by atoms with E-state index in [9.17, 15) is 9.59 Å². The van der Waals surface area contributed by atoms with Crippen molar-refractivity contribution in [2.24, 2.45) is 5.16 Å². The van der Waals surface area contributed by atoms with Crippen LogP contribution in [0.4, 0.5) is 5.69 Å². The van der Waals surface area contributed by atoms with Gasteiger partial charge in [-0.2, -0.15) is 0 Å². The van der Waals surface area contributed by atoms with Crippen LogP contribution < -0.4 is 5.32 Å². The molecule has 1 N–H and O–H groups in total. The molecule has 2 aromatic rings. The smallest absolute Gasteiger partial charge is 0.265 e. The summed E-state index contributed by atoms with van der Waals surface area (Å²) in [4.78, 5) is 30.0. The molecule has 0 radical (unpaired) electrons. The Labute approximate surface area is 140 Å². The molecule has 0 heterocycles. The van der Waals surface area contributed by atoms with E-state index in [1.807, 2.05) is 30.3 Å². The zero-order chi connectivity index (χ0) is 17.4. The van der Waals surface area contributed by atoms with E-state index in [0.29, 0.717) is 11.3 Å². The second-order valence-electron chi connectivity index (χ2n) is 5.24. The molecular formula is C18H19N3O3. The third kappa shape index (κ3) is 5.24. The molecule has 0 saturated carbocycles. The topological polar surface area (TPSA) is 71.0 Å². The minimum Gasteiger partial charge on any atom is -0.386 e. The lowest BCUT2D eigenvalue weighted by atomic mass is 10.2. The molecule has 124 valence electrons. The van der Waals surface area contributed by atoms with Gasteiger partial charge in [0.1, 0.15) is 0 Å². The number of benzene rings is 2. The third-order valence-corrected chi connectivity index (χ3v) is 3.09. The number of hydrogen-bond donors (Lipinski definition) is 1. The zero-order valence-corrected chi connectivity index (χ0v) is 13.6. The summed E-state index contributed by atoms with van der Waals surface area (Å²) in [5.41, 5.74) is 2.03. The van der Waals surface area contributed by atoms with E-state index < -0.39 is 0 Å². The molecule has 0 aromatic heterocycles. The number of nitrogens with one attached hydrogen (secondary N) is 1. The molecule has 6 nitrogen and oxygen atoms in total. The summed E-state index contributed by atoms with van der Waals surface area (Å²) in [5.74, 6) is -0.418. The first kappa shape index (κ1) is 17.2. The molecule has 0 bridgehead atoms. The summed E-state index contributed by atoms with van der Waals surface area (Å²) in [6.07, 6.45) is 1.54. The van der Waals surface area contributed by atoms with Gasteiger partial charge in [0.25, 0.3) is 11.8 Å². The molecular weight excluding hydrogens is 306 g/mol. The fourth-order valence-corrected chi connectivity index (χ4v) is 1.88. The molecule has 2 aromatic carbocycles. The van der Waals surface area contributed by atoms with Crippen molar-refractivity contribution in [3.05, 3.63) is 65.7 Å². The lowest BCUT2D eigenvalue weighted by Crippen LogP contribution is -2.21. The largest absolute Gasteiger partial charge is 0.386 e. The second kappa shape index (κ2) is 8.47. The Morgan fingerprint density at radius 2 is 1.75 bits per heavy atom. The quantitative estimate of drug-likeness (QED) is 0.655. The molecule has 0 aliphatic rings. The van der Waals surface area contributed by atoms with E-state index in [0.717, 1.165) is 5.56 Å². The number of rotatable bonds is 6. The highest BCUT2D eigenvalue weighted by atomic mass is 16.6. The van der Waals surface area contributed by atoms with Crippen molar-refractivity contribution < 1.29 is 14.4 Å². The molecule has 24 heavy (non-hydrogen) atoms. The number of oxime groups is 1. The van der Waals surface area contributed by atoms with Crippen molar-refractivity contribution in [3.8, 4) is 0 Å². The minimum atomic E-state index is -0.327. The Morgan fingerprint density at radius 3 is 2.38 bits per heavy atom. The molecule has 0 saturated heterocycles. The average molecular weight is 325 g/mol. The highest BCUT2D eigenvalue weighted by Gasteiger charge is 2.08. The first-order chi connectivity index (χ1) is 11.6. The second-order valence-corrected chi connectivity index (χ2v) is 5.24. The maximum Gasteiger partial charge on any atom is 0.265 e. The van der Waals surface area contributed by atoms with Crippen LogP contribution in [-0.2, 0) is 9.63 Å². The predicted octanol–water partition coefficient (Wildman–Crippen LogP) is 2.38. The van der Waals surface area contributed by atoms with Crippen LogP contribution in [0, 0.1) is 0 Å². The van der Waals surface area contributed by atoms with Crippen molar-refractivity contribution in [1.29, 1.82) is 0 Å². The Kier molecular flexibility index (Phi) is 6.08. The maximum absolute atomic E-state index is 11.8. The SMILES string of the molecule is CN(C)C(=O)c1ccc(NC(=O)CO/N=C/c2ccccc2)cc1. The highest BCUT2D eigenvalue weighted by Crippen LogP contribution is 2.10. The normalized spacial score (nSPS) is 10.4. The van der Waals surface area contributed by atoms with E-state index in [-0.39, 0.29) is 18.4 Å². The van der Waals surface area contributed by atoms with Crippen molar-refractivity contribution in [3.63, 3.8) is 0 Å². The van der Waals surface area contributed by atoms with Crippen molar-refractivity contribution in [2.75, 3.05) is 26.0 Å². The number of anilines is 1. The molecule has 0 aliphatic carbocycles. The van der Waals surface area contributed by atoms with Crippen molar-refractivity contribution in [1.82, 2.24) is 4.90 Å². The van der Waals surface area contributed by atoms with Crippen LogP contribution in [0.25, 0.3) is 0 Å². The van der Waals surface area contributed by atoms with Gasteiger partial charge in [0.2, 0.25) is 0 Å². The third-order valence-electron chi connectivity index (χ3n) is 3.09. The molecule has 0 aliphatic heterocycles. The molecule has 2 rings (SSSR count). The molecule has 6 heteroatoms. The van der Waals surface area contributed by atoms with Crippen molar-refractivity contribution >= 4 is 23.7 Å². The van der Waals surface area contributed by atoms with E-state index >= 15 is 0 Å². The van der Waals surface area contributed by atoms with Gasteiger partial charge < -0.3 is 15.1 Å². The summed E-state index contributed by atoms with van der Waals surface area (Å²) >= 11 is 0. The summed E-state index contributed by atoms with van der Waals surface area (Å²) in [5, 5.41) is 6.42. The van der Waals surface area contributed by atoms with Crippen LogP contribution >= 0.6 is 0 Å². The van der Waals surface area contributed by atoms with Crippen molar-refractivity contribution in [2.45, 2.75) is 0 Å². The van der Waals surface area contributed by atoms with Gasteiger partial charge >= 0.3 is 0 Å². The number of carbonyl (C=O) groups is 2. The number of hydrogen-bond acceptors (Lipinski definition) is 4. The highest BCUT2D eigenvalue weighted by molar-refractivity contribution is 5.95. The van der Waals surface area contributed by atoms with Gasteiger partial charge in [0.15, 0.2) is 6.61 Å². The number of amides is 2. The molecule has 0 fully saturated rings. The lowest BCUT2D eigenvalue weighted by Gasteiger charge is -2.10. The van der Waals surface area contributed by atoms with Crippen LogP contribution in [0.3, 0.4) is 0 Å². The lowest BCUT2D eigenvalue weighted by molar-refractivity contribution is -0.120. The Hall–Kier alpha value is -3.15. The summed E-state index contributed by atoms with van der Waals surface area (Å²) in [7, 11) is 3.37. The zero-order valence-electron chi connectivity index (χ0n) is 13.6. The van der Waals surface area contributed by atoms with Gasteiger partial charge in [-0.1, -0.05) is 35.5 Å². The number of nitrogens with zero attached hydrogens (tertiary/aromatic N) is 2. The maximum atomic E-state index is 11.8. The Morgan fingerprint density at radius 1 is 1.08 bits per heavy atom. The van der Waals surface area contributed by atoms with Gasteiger partial charge in [0, 0.05) is 25.3 Å². The standard InChI is InChI=1S/C18H19N3O3/c1-21(2)18(23)15-8-10-16(11-9-15)20-17(22)13-24-19-12-14-6-4-3-5-7-14/h3-12H,13H2,1-2H3,(H,20,22)/b19-12+. The summed E-state index contributed by atoms with van der Waals surface area (Å²) < 4.78 is 0. The minimum absolute atomic E-state index is 0.0912. The fourth-order valence-electron chi connectivity index (χ4n) is 1.88. The van der Waals surface area contributed by atoms with Crippen LogP contribution in [0.2, 0.25) is 0 Å². The van der Waals surface area contributed by atoms with E-state index in [4.69, 9.17) is 4.84 Å². The number of carbonyl (C=O) groups excluding carboxylic acids is 2. The van der Waals surface area contributed by atoms with Gasteiger partial charge in [-0.15, -0.1) is 0 Å². The average Bonchev–Trinajstić information content (AvgIpc) is 2.59. The van der Waals surface area contributed by atoms with Crippen LogP contribution in [0.15, 0.2) is 59.8 Å². The molecule has 0 spiro atoms. The monoisotopic (exact) mass is 325 g/mol. The summed E-state index contributed by atoms with van der Waals surface area (Å²) in [6, 6.07) is 16.1. The van der Waals surface area contributed by atoms with Gasteiger partial charge in [-0.25, -0.2) is 0 Å². The van der Waals surface area contributed by atoms with Crippen LogP contribution in [0.1, 0.15) is 15.9 Å². The van der Waals surface area contributed by atoms with E-state index in [2.05, 4.69) is 10.5 Å². The predicted molar refractivity (Wildman–Crippen MR) is 93.1 cm³/mol. The first-order valence-corrected chi connectivity index (χ1v) is 7.38. The summed E-state index contributed by atoms with van der Waals surface area (Å²) in [6.45, 7) is -0.193. The molecule has 0 atom stereocenters. The fraction of sp³-hybridized carbons (Fsp3) is 0.167. The molecule has 0 unspecified atom stereocenters. The Bertz CT molecular complexity index is 710. The van der Waals surface area contributed by atoms with Crippen LogP contribution in [0.5, 0.6) is 0 Å². The van der Waals surface area contributed by atoms with Gasteiger partial charge in [0.05, 0.1) is 6.21 Å². The van der Waals surface area contributed by atoms with Crippen LogP contribution in [-0.4, -0.2) is 43.6 Å². The Balaban J connectivity index is 1.80. The van der Waals surface area contributed by atoms with E-state index in [1.165, 1.54) is 11.1 Å². The first-order valence-electron chi connectivity index (χ1n) is 7.38. The van der Waals surface area contributed by atoms with E-state index in [1.54, 1.807) is 38.4 Å². The van der Waals surface area contributed by atoms with Gasteiger partial charge in [-0.3, -0.25) is 9.59 Å². The van der Waals surface area contributed by atoms with Gasteiger partial charge in [-0.05, 0) is 29.8 Å².